The molecule has 3 heterocycles. The van der Waals surface area contributed by atoms with E-state index < -0.39 is 42.0 Å². The van der Waals surface area contributed by atoms with Crippen molar-refractivity contribution in [3.05, 3.63) is 54.2 Å². The number of rotatable bonds is 12. The number of hydrogen-bond donors (Lipinski definition) is 6. The van der Waals surface area contributed by atoms with E-state index in [2.05, 4.69) is 25.6 Å². The van der Waals surface area contributed by atoms with Crippen molar-refractivity contribution in [3.63, 3.8) is 0 Å². The number of nitrogens with two attached hydrogens (primary N) is 1. The molecule has 1 fully saturated rings. The predicted molar refractivity (Wildman–Crippen MR) is 148 cm³/mol. The third kappa shape index (κ3) is 6.50. The second kappa shape index (κ2) is 12.8. The van der Waals surface area contributed by atoms with E-state index in [0.29, 0.717) is 31.5 Å². The molecular formula is C28H37N7O5. The van der Waals surface area contributed by atoms with Gasteiger partial charge in [0.25, 0.3) is 0 Å². The number of likely N-dealkylation sites (tertiary alicyclic amines) is 1. The Balaban J connectivity index is 1.44. The summed E-state index contributed by atoms with van der Waals surface area (Å²) in [4.78, 5) is 63.5. The van der Waals surface area contributed by atoms with Crippen LogP contribution in [0.25, 0.3) is 10.9 Å². The molecule has 3 aromatic rings. The molecule has 1 aromatic carbocycles. The van der Waals surface area contributed by atoms with Crippen molar-refractivity contribution in [3.8, 4) is 0 Å². The molecule has 1 saturated heterocycles. The van der Waals surface area contributed by atoms with Crippen LogP contribution in [0.3, 0.4) is 0 Å². The fourth-order valence-corrected chi connectivity index (χ4v) is 5.14. The number of amides is 3. The number of aromatic amines is 2. The number of carbonyl (C=O) groups excluding carboxylic acids is 3. The van der Waals surface area contributed by atoms with E-state index in [-0.39, 0.29) is 24.7 Å². The zero-order chi connectivity index (χ0) is 28.8. The molecule has 0 bridgehead atoms. The van der Waals surface area contributed by atoms with E-state index in [1.54, 1.807) is 12.4 Å². The average molecular weight is 552 g/mol. The molecule has 2 aromatic heterocycles. The lowest BCUT2D eigenvalue weighted by Crippen LogP contribution is -2.58. The predicted octanol–water partition coefficient (Wildman–Crippen LogP) is 1.09. The zero-order valence-electron chi connectivity index (χ0n) is 22.7. The maximum Gasteiger partial charge on any atom is 0.326 e. The SMILES string of the molecule is CCC(C)C(NC(=O)C(N)Cc1cnc[nH]1)C(=O)N1CCCC1C(=O)NC(Cc1c[nH]c2ccccc12)C(=O)O. The molecule has 1 aliphatic rings. The lowest BCUT2D eigenvalue weighted by molar-refractivity contribution is -0.145. The average Bonchev–Trinajstić information content (AvgIpc) is 3.72. The van der Waals surface area contributed by atoms with Gasteiger partial charge in [-0.1, -0.05) is 38.5 Å². The number of carboxylic acid groups (broad SMARTS) is 1. The third-order valence-electron chi connectivity index (χ3n) is 7.66. The van der Waals surface area contributed by atoms with Crippen LogP contribution in [-0.4, -0.2) is 79.4 Å². The molecule has 12 nitrogen and oxygen atoms in total. The second-order valence-corrected chi connectivity index (χ2v) is 10.4. The normalized spacial score (nSPS) is 18.2. The van der Waals surface area contributed by atoms with Crippen LogP contribution in [0.15, 0.2) is 43.0 Å². The fourth-order valence-electron chi connectivity index (χ4n) is 5.14. The number of carboxylic acids is 1. The molecule has 7 N–H and O–H groups in total. The van der Waals surface area contributed by atoms with E-state index in [1.165, 1.54) is 11.2 Å². The molecular weight excluding hydrogens is 514 g/mol. The van der Waals surface area contributed by atoms with Gasteiger partial charge in [-0.15, -0.1) is 0 Å². The number of para-hydroxylation sites is 1. The van der Waals surface area contributed by atoms with Gasteiger partial charge in [-0.2, -0.15) is 0 Å². The number of benzene rings is 1. The highest BCUT2D eigenvalue weighted by atomic mass is 16.4. The minimum absolute atomic E-state index is 0.0888. The first-order valence-corrected chi connectivity index (χ1v) is 13.6. The number of nitrogens with one attached hydrogen (secondary N) is 4. The summed E-state index contributed by atoms with van der Waals surface area (Å²) in [7, 11) is 0. The second-order valence-electron chi connectivity index (χ2n) is 10.4. The van der Waals surface area contributed by atoms with Crippen molar-refractivity contribution in [2.45, 2.75) is 70.1 Å². The largest absolute Gasteiger partial charge is 0.480 e. The van der Waals surface area contributed by atoms with Gasteiger partial charge in [0.1, 0.15) is 18.1 Å². The number of hydrogen-bond acceptors (Lipinski definition) is 6. The number of fused-ring (bicyclic) bond motifs is 1. The number of aromatic nitrogens is 3. The molecule has 3 amide bonds. The van der Waals surface area contributed by atoms with Gasteiger partial charge >= 0.3 is 5.97 Å². The first kappa shape index (κ1) is 28.8. The monoisotopic (exact) mass is 551 g/mol. The molecule has 0 spiro atoms. The zero-order valence-corrected chi connectivity index (χ0v) is 22.7. The topological polar surface area (TPSA) is 186 Å². The van der Waals surface area contributed by atoms with Crippen LogP contribution >= 0.6 is 0 Å². The van der Waals surface area contributed by atoms with Gasteiger partial charge in [-0.05, 0) is 30.4 Å². The number of aliphatic carboxylic acids is 1. The molecule has 214 valence electrons. The van der Waals surface area contributed by atoms with Gasteiger partial charge in [0, 0.05) is 48.4 Å². The van der Waals surface area contributed by atoms with E-state index >= 15 is 0 Å². The lowest BCUT2D eigenvalue weighted by Gasteiger charge is -2.32. The van der Waals surface area contributed by atoms with E-state index in [4.69, 9.17) is 5.73 Å². The van der Waals surface area contributed by atoms with E-state index in [1.807, 2.05) is 38.1 Å². The van der Waals surface area contributed by atoms with Gasteiger partial charge < -0.3 is 36.3 Å². The Morgan fingerprint density at radius 3 is 2.65 bits per heavy atom. The van der Waals surface area contributed by atoms with Crippen molar-refractivity contribution in [2.24, 2.45) is 11.7 Å². The highest BCUT2D eigenvalue weighted by Crippen LogP contribution is 2.23. The molecule has 5 atom stereocenters. The fraction of sp³-hybridized carbons (Fsp3) is 0.464. The number of nitrogens with zero attached hydrogens (tertiary/aromatic N) is 2. The Morgan fingerprint density at radius 2 is 1.95 bits per heavy atom. The molecule has 0 aliphatic carbocycles. The summed E-state index contributed by atoms with van der Waals surface area (Å²) in [5.41, 5.74) is 8.44. The van der Waals surface area contributed by atoms with Crippen molar-refractivity contribution in [1.29, 1.82) is 0 Å². The Hall–Kier alpha value is -4.19. The summed E-state index contributed by atoms with van der Waals surface area (Å²) in [5, 5.41) is 16.2. The molecule has 12 heteroatoms. The van der Waals surface area contributed by atoms with Crippen LogP contribution in [-0.2, 0) is 32.0 Å². The quantitative estimate of drug-likeness (QED) is 0.194. The molecule has 5 unspecified atom stereocenters. The van der Waals surface area contributed by atoms with Crippen LogP contribution < -0.4 is 16.4 Å². The maximum absolute atomic E-state index is 13.7. The first-order chi connectivity index (χ1) is 19.2. The first-order valence-electron chi connectivity index (χ1n) is 13.6. The van der Waals surface area contributed by atoms with Gasteiger partial charge in [0.15, 0.2) is 0 Å². The lowest BCUT2D eigenvalue weighted by atomic mass is 9.96. The third-order valence-corrected chi connectivity index (χ3v) is 7.66. The number of H-pyrrole nitrogens is 2. The Bertz CT molecular complexity index is 1340. The minimum Gasteiger partial charge on any atom is -0.480 e. The summed E-state index contributed by atoms with van der Waals surface area (Å²) in [5.74, 6) is -2.75. The van der Waals surface area contributed by atoms with Crippen LogP contribution in [0.4, 0.5) is 0 Å². The van der Waals surface area contributed by atoms with Crippen molar-refractivity contribution < 1.29 is 24.3 Å². The number of carbonyl (C=O) groups is 4. The summed E-state index contributed by atoms with van der Waals surface area (Å²) in [6.45, 7) is 4.11. The molecule has 0 saturated carbocycles. The summed E-state index contributed by atoms with van der Waals surface area (Å²) >= 11 is 0. The Kier molecular flexibility index (Phi) is 9.20. The Morgan fingerprint density at radius 1 is 1.18 bits per heavy atom. The highest BCUT2D eigenvalue weighted by Gasteiger charge is 2.40. The minimum atomic E-state index is -1.17. The standard InChI is InChI=1S/C28H37N7O5/c1-3-16(2)24(34-25(36)20(29)12-18-14-30-15-32-18)27(38)35-10-6-9-23(35)26(37)33-22(28(39)40)11-17-13-31-21-8-5-4-7-19(17)21/h4-5,7-8,13-16,20,22-24,31H,3,6,9-12,29H2,1-2H3,(H,30,32)(H,33,37)(H,34,36)(H,39,40). The highest BCUT2D eigenvalue weighted by molar-refractivity contribution is 5.95. The van der Waals surface area contributed by atoms with Crippen molar-refractivity contribution in [2.75, 3.05) is 6.54 Å². The van der Waals surface area contributed by atoms with Gasteiger partial charge in [-0.25, -0.2) is 9.78 Å². The van der Waals surface area contributed by atoms with Crippen LogP contribution in [0, 0.1) is 5.92 Å². The summed E-state index contributed by atoms with van der Waals surface area (Å²) < 4.78 is 0. The summed E-state index contributed by atoms with van der Waals surface area (Å²) in [6.07, 6.45) is 6.75. The van der Waals surface area contributed by atoms with Gasteiger partial charge in [0.05, 0.1) is 12.4 Å². The van der Waals surface area contributed by atoms with E-state index in [0.717, 1.165) is 16.5 Å². The molecule has 1 aliphatic heterocycles. The van der Waals surface area contributed by atoms with Crippen LogP contribution in [0.2, 0.25) is 0 Å². The van der Waals surface area contributed by atoms with Gasteiger partial charge in [-0.3, -0.25) is 14.4 Å². The summed E-state index contributed by atoms with van der Waals surface area (Å²) in [6, 6.07) is 3.77. The number of imidazole rings is 1. The molecule has 0 radical (unpaired) electrons. The molecule has 4 rings (SSSR count). The van der Waals surface area contributed by atoms with Crippen molar-refractivity contribution >= 4 is 34.6 Å². The maximum atomic E-state index is 13.7. The Labute approximate surface area is 232 Å². The molecule has 40 heavy (non-hydrogen) atoms. The van der Waals surface area contributed by atoms with E-state index in [9.17, 15) is 24.3 Å². The van der Waals surface area contributed by atoms with Crippen LogP contribution in [0.1, 0.15) is 44.4 Å². The van der Waals surface area contributed by atoms with Gasteiger partial charge in [0.2, 0.25) is 17.7 Å². The van der Waals surface area contributed by atoms with Crippen LogP contribution in [0.5, 0.6) is 0 Å². The smallest absolute Gasteiger partial charge is 0.326 e. The van der Waals surface area contributed by atoms with Crippen molar-refractivity contribution in [1.82, 2.24) is 30.5 Å².